The minimum Gasteiger partial charge on any atom is -0.388 e. The van der Waals surface area contributed by atoms with Gasteiger partial charge in [-0.1, -0.05) is 109 Å². The summed E-state index contributed by atoms with van der Waals surface area (Å²) < 4.78 is 19.1. The molecule has 2 heterocycles. The molecule has 5 rings (SSSR count). The van der Waals surface area contributed by atoms with Crippen LogP contribution in [-0.4, -0.2) is 45.8 Å². The highest BCUT2D eigenvalue weighted by atomic mass is 35.5. The van der Waals surface area contributed by atoms with Crippen molar-refractivity contribution in [3.05, 3.63) is 137 Å². The van der Waals surface area contributed by atoms with Gasteiger partial charge in [0.2, 0.25) is 0 Å². The summed E-state index contributed by atoms with van der Waals surface area (Å²) in [6, 6.07) is 31.8. The van der Waals surface area contributed by atoms with Gasteiger partial charge < -0.3 is 19.3 Å². The van der Waals surface area contributed by atoms with Gasteiger partial charge >= 0.3 is 0 Å². The Morgan fingerprint density at radius 1 is 0.897 bits per heavy atom. The lowest BCUT2D eigenvalue weighted by atomic mass is 9.80. The normalized spacial score (nSPS) is 19.8. The van der Waals surface area contributed by atoms with Crippen LogP contribution in [0.2, 0.25) is 5.15 Å². The van der Waals surface area contributed by atoms with Crippen molar-refractivity contribution in [2.75, 3.05) is 6.61 Å². The lowest BCUT2D eigenvalue weighted by Crippen LogP contribution is -2.42. The molecule has 1 N–H and O–H groups in total. The van der Waals surface area contributed by atoms with Crippen LogP contribution in [-0.2, 0) is 19.8 Å². The predicted octanol–water partition coefficient (Wildman–Crippen LogP) is 6.03. The maximum atomic E-state index is 11.5. The molecule has 3 atom stereocenters. The van der Waals surface area contributed by atoms with E-state index in [1.54, 1.807) is 12.1 Å². The van der Waals surface area contributed by atoms with Gasteiger partial charge in [0.05, 0.1) is 12.3 Å². The van der Waals surface area contributed by atoms with Crippen LogP contribution < -0.4 is 0 Å². The van der Waals surface area contributed by atoms with Crippen molar-refractivity contribution in [2.45, 2.75) is 43.5 Å². The second-order valence-corrected chi connectivity index (χ2v) is 10.2. The first-order valence-corrected chi connectivity index (χ1v) is 13.3. The van der Waals surface area contributed by atoms with E-state index in [1.165, 1.54) is 6.33 Å². The van der Waals surface area contributed by atoms with Crippen molar-refractivity contribution in [3.8, 4) is 0 Å². The van der Waals surface area contributed by atoms with Gasteiger partial charge in [0.15, 0.2) is 5.79 Å². The molecular formula is C32H31ClN2O4. The molecule has 0 amide bonds. The third-order valence-corrected chi connectivity index (χ3v) is 6.87. The number of rotatable bonds is 9. The molecule has 200 valence electrons. The third-order valence-electron chi connectivity index (χ3n) is 6.67. The highest BCUT2D eigenvalue weighted by molar-refractivity contribution is 6.29. The molecule has 1 fully saturated rings. The van der Waals surface area contributed by atoms with Crippen LogP contribution in [0.15, 0.2) is 109 Å². The number of hydrogen-bond acceptors (Lipinski definition) is 6. The van der Waals surface area contributed by atoms with Crippen molar-refractivity contribution >= 4 is 17.7 Å². The molecule has 0 bridgehead atoms. The molecular weight excluding hydrogens is 512 g/mol. The lowest BCUT2D eigenvalue weighted by molar-refractivity contribution is -0.160. The first-order valence-electron chi connectivity index (χ1n) is 12.9. The van der Waals surface area contributed by atoms with E-state index in [1.807, 2.05) is 111 Å². The molecule has 39 heavy (non-hydrogen) atoms. The molecule has 4 aromatic rings. The zero-order valence-electron chi connectivity index (χ0n) is 21.9. The summed E-state index contributed by atoms with van der Waals surface area (Å²) in [6.45, 7) is 3.64. The molecule has 0 aliphatic carbocycles. The van der Waals surface area contributed by atoms with Gasteiger partial charge in [0.25, 0.3) is 0 Å². The topological polar surface area (TPSA) is 73.7 Å². The van der Waals surface area contributed by atoms with Crippen LogP contribution in [0.5, 0.6) is 0 Å². The van der Waals surface area contributed by atoms with Gasteiger partial charge in [-0.05, 0) is 36.6 Å². The molecule has 0 spiro atoms. The summed E-state index contributed by atoms with van der Waals surface area (Å²) in [7, 11) is 0. The Kier molecular flexibility index (Phi) is 8.21. The van der Waals surface area contributed by atoms with Gasteiger partial charge in [-0.2, -0.15) is 0 Å². The van der Waals surface area contributed by atoms with Crippen LogP contribution >= 0.6 is 11.6 Å². The fourth-order valence-corrected chi connectivity index (χ4v) is 5.12. The Bertz CT molecular complexity index is 1290. The van der Waals surface area contributed by atoms with E-state index in [-0.39, 0.29) is 6.61 Å². The zero-order chi connectivity index (χ0) is 27.3. The highest BCUT2D eigenvalue weighted by Gasteiger charge is 2.45. The molecule has 3 aromatic carbocycles. The number of nitrogens with zero attached hydrogens (tertiary/aromatic N) is 2. The minimum absolute atomic E-state index is 0.00748. The summed E-state index contributed by atoms with van der Waals surface area (Å²) >= 11 is 6.00. The molecule has 1 saturated heterocycles. The van der Waals surface area contributed by atoms with E-state index in [9.17, 15) is 5.11 Å². The van der Waals surface area contributed by atoms with Crippen molar-refractivity contribution < 1.29 is 19.3 Å². The van der Waals surface area contributed by atoms with Crippen LogP contribution in [0.25, 0.3) is 6.08 Å². The average Bonchev–Trinajstić information content (AvgIpc) is 3.28. The lowest BCUT2D eigenvalue weighted by Gasteiger charge is -2.37. The Labute approximate surface area is 233 Å². The Balaban J connectivity index is 1.46. The van der Waals surface area contributed by atoms with Crippen molar-refractivity contribution in [2.24, 2.45) is 0 Å². The van der Waals surface area contributed by atoms with Gasteiger partial charge in [-0.3, -0.25) is 0 Å². The molecule has 6 nitrogen and oxygen atoms in total. The van der Waals surface area contributed by atoms with E-state index >= 15 is 0 Å². The molecule has 1 aliphatic heterocycles. The fraction of sp³-hybridized carbons (Fsp3) is 0.250. The first kappa shape index (κ1) is 27.2. The Morgan fingerprint density at radius 3 is 1.95 bits per heavy atom. The van der Waals surface area contributed by atoms with E-state index < -0.39 is 29.7 Å². The first-order chi connectivity index (χ1) is 18.9. The zero-order valence-corrected chi connectivity index (χ0v) is 22.6. The van der Waals surface area contributed by atoms with Gasteiger partial charge in [0.1, 0.15) is 35.4 Å². The highest BCUT2D eigenvalue weighted by Crippen LogP contribution is 2.41. The summed E-state index contributed by atoms with van der Waals surface area (Å²) in [5.74, 6) is -0.890. The quantitative estimate of drug-likeness (QED) is 0.205. The number of ether oxygens (including phenoxy) is 3. The van der Waals surface area contributed by atoms with Gasteiger partial charge in [0, 0.05) is 6.07 Å². The standard InChI is InChI=1S/C32H31ClN2O4/c1-31(2)38-28(19-18-26-20-29(33)35-22-34-26)30(39-31)27(36)21-37-32(23-12-6-3-7-13-23,24-14-8-4-9-15-24)25-16-10-5-11-17-25/h3-20,22,27-28,30,36H,21H2,1-2H3/b19-18+/t27-,28+,30-/m1/s1. The van der Waals surface area contributed by atoms with Crippen LogP contribution in [0.4, 0.5) is 0 Å². The number of hydrogen-bond donors (Lipinski definition) is 1. The maximum Gasteiger partial charge on any atom is 0.164 e. The van der Waals surface area contributed by atoms with Gasteiger partial charge in [-0.15, -0.1) is 0 Å². The molecule has 0 unspecified atom stereocenters. The third kappa shape index (κ3) is 6.11. The summed E-state index contributed by atoms with van der Waals surface area (Å²) in [4.78, 5) is 8.13. The van der Waals surface area contributed by atoms with E-state index in [4.69, 9.17) is 25.8 Å². The van der Waals surface area contributed by atoms with Crippen LogP contribution in [0.3, 0.4) is 0 Å². The second-order valence-electron chi connectivity index (χ2n) is 9.85. The second kappa shape index (κ2) is 11.8. The minimum atomic E-state index is -0.995. The SMILES string of the molecule is CC1(C)O[C@H]([C@H](O)COC(c2ccccc2)(c2ccccc2)c2ccccc2)[C@H](/C=C/c2cc(Cl)ncn2)O1. The van der Waals surface area contributed by atoms with E-state index in [0.29, 0.717) is 10.8 Å². The monoisotopic (exact) mass is 542 g/mol. The van der Waals surface area contributed by atoms with Crippen molar-refractivity contribution in [3.63, 3.8) is 0 Å². The van der Waals surface area contributed by atoms with Crippen LogP contribution in [0, 0.1) is 0 Å². The number of aromatic nitrogens is 2. The number of halogens is 1. The molecule has 1 aromatic heterocycles. The summed E-state index contributed by atoms with van der Waals surface area (Å²) in [5.41, 5.74) is 2.54. The average molecular weight is 543 g/mol. The predicted molar refractivity (Wildman–Crippen MR) is 151 cm³/mol. The Hall–Kier alpha value is -3.39. The Morgan fingerprint density at radius 2 is 1.44 bits per heavy atom. The fourth-order valence-electron chi connectivity index (χ4n) is 4.97. The van der Waals surface area contributed by atoms with Crippen LogP contribution in [0.1, 0.15) is 36.2 Å². The molecule has 7 heteroatoms. The number of aliphatic hydroxyl groups excluding tert-OH is 1. The van der Waals surface area contributed by atoms with E-state index in [2.05, 4.69) is 9.97 Å². The van der Waals surface area contributed by atoms with E-state index in [0.717, 1.165) is 16.7 Å². The maximum absolute atomic E-state index is 11.5. The summed E-state index contributed by atoms with van der Waals surface area (Å²) in [6.07, 6.45) is 2.80. The smallest absolute Gasteiger partial charge is 0.164 e. The number of aliphatic hydroxyl groups is 1. The summed E-state index contributed by atoms with van der Waals surface area (Å²) in [5, 5.41) is 11.8. The van der Waals surface area contributed by atoms with Crippen molar-refractivity contribution in [1.82, 2.24) is 9.97 Å². The van der Waals surface area contributed by atoms with Crippen molar-refractivity contribution in [1.29, 1.82) is 0 Å². The molecule has 0 radical (unpaired) electrons. The van der Waals surface area contributed by atoms with Gasteiger partial charge in [-0.25, -0.2) is 9.97 Å². The number of benzene rings is 3. The largest absolute Gasteiger partial charge is 0.388 e. The molecule has 1 aliphatic rings. The molecule has 0 saturated carbocycles.